The Kier molecular flexibility index (Phi) is 4.60. The maximum atomic E-state index is 5.90. The maximum absolute atomic E-state index is 5.90. The van der Waals surface area contributed by atoms with Crippen LogP contribution in [-0.4, -0.2) is 21.1 Å². The first-order valence-electron chi connectivity index (χ1n) is 6.66. The molecule has 22 heavy (non-hydrogen) atoms. The highest BCUT2D eigenvalue weighted by Crippen LogP contribution is 2.23. The van der Waals surface area contributed by atoms with Crippen LogP contribution in [0.3, 0.4) is 0 Å². The maximum Gasteiger partial charge on any atom is 0.141 e. The van der Waals surface area contributed by atoms with E-state index in [2.05, 4.69) is 31.2 Å². The molecule has 0 bridgehead atoms. The first kappa shape index (κ1) is 14.5. The summed E-state index contributed by atoms with van der Waals surface area (Å²) in [6.07, 6.45) is 4.77. The van der Waals surface area contributed by atoms with Crippen molar-refractivity contribution < 1.29 is 4.74 Å². The van der Waals surface area contributed by atoms with Gasteiger partial charge in [0.15, 0.2) is 0 Å². The van der Waals surface area contributed by atoms with Crippen LogP contribution in [0.2, 0.25) is 0 Å². The number of rotatable bonds is 5. The summed E-state index contributed by atoms with van der Waals surface area (Å²) in [6.45, 7) is 0.510. The highest BCUT2D eigenvalue weighted by Gasteiger charge is 2.03. The van der Waals surface area contributed by atoms with Gasteiger partial charge in [0.05, 0.1) is 6.21 Å². The Morgan fingerprint density at radius 3 is 2.64 bits per heavy atom. The largest absolute Gasteiger partial charge is 0.488 e. The molecule has 0 aliphatic rings. The molecule has 0 N–H and O–H groups in total. The van der Waals surface area contributed by atoms with E-state index in [9.17, 15) is 0 Å². The van der Waals surface area contributed by atoms with Crippen LogP contribution in [0.1, 0.15) is 11.1 Å². The molecule has 3 aromatic rings. The third-order valence-electron chi connectivity index (χ3n) is 2.95. The normalized spacial score (nSPS) is 11.0. The molecule has 0 aliphatic heterocycles. The van der Waals surface area contributed by atoms with E-state index < -0.39 is 0 Å². The molecular formula is C16H13BrN4O. The van der Waals surface area contributed by atoms with E-state index in [0.717, 1.165) is 21.3 Å². The fraction of sp³-hybridized carbons (Fsp3) is 0.0625. The zero-order valence-corrected chi connectivity index (χ0v) is 13.2. The number of nitrogens with zero attached hydrogens (tertiary/aromatic N) is 4. The van der Waals surface area contributed by atoms with Crippen molar-refractivity contribution in [1.29, 1.82) is 0 Å². The van der Waals surface area contributed by atoms with E-state index in [1.807, 2.05) is 48.5 Å². The van der Waals surface area contributed by atoms with Gasteiger partial charge in [-0.25, -0.2) is 4.68 Å². The van der Waals surface area contributed by atoms with Gasteiger partial charge in [-0.3, -0.25) is 0 Å². The van der Waals surface area contributed by atoms with Crippen LogP contribution in [0.4, 0.5) is 0 Å². The van der Waals surface area contributed by atoms with Crippen LogP contribution in [0.25, 0.3) is 0 Å². The minimum absolute atomic E-state index is 0.510. The lowest BCUT2D eigenvalue weighted by Gasteiger charge is -2.09. The first-order chi connectivity index (χ1) is 10.8. The molecule has 110 valence electrons. The Labute approximate surface area is 136 Å². The Morgan fingerprint density at radius 2 is 1.86 bits per heavy atom. The fourth-order valence-corrected chi connectivity index (χ4v) is 2.25. The van der Waals surface area contributed by atoms with Gasteiger partial charge in [-0.1, -0.05) is 46.3 Å². The van der Waals surface area contributed by atoms with Crippen LogP contribution < -0.4 is 4.74 Å². The van der Waals surface area contributed by atoms with Crippen molar-refractivity contribution in [3.63, 3.8) is 0 Å². The van der Waals surface area contributed by atoms with Crippen LogP contribution in [0.5, 0.6) is 5.75 Å². The SMILES string of the molecule is Brc1ccc(OCc2ccccc2)c(/C=N/n2cnnc2)c1. The second-order valence-corrected chi connectivity index (χ2v) is 5.46. The molecule has 0 fully saturated rings. The molecular weight excluding hydrogens is 344 g/mol. The van der Waals surface area contributed by atoms with Gasteiger partial charge in [0.25, 0.3) is 0 Å². The molecule has 1 aromatic heterocycles. The predicted octanol–water partition coefficient (Wildman–Crippen LogP) is 3.50. The van der Waals surface area contributed by atoms with Crippen LogP contribution >= 0.6 is 15.9 Å². The quantitative estimate of drug-likeness (QED) is 0.657. The number of hydrogen-bond acceptors (Lipinski definition) is 4. The molecule has 0 unspecified atom stereocenters. The van der Waals surface area contributed by atoms with Gasteiger partial charge in [-0.15, -0.1) is 10.2 Å². The number of ether oxygens (including phenoxy) is 1. The van der Waals surface area contributed by atoms with Crippen molar-refractivity contribution >= 4 is 22.1 Å². The summed E-state index contributed by atoms with van der Waals surface area (Å²) < 4.78 is 8.39. The number of hydrogen-bond donors (Lipinski definition) is 0. The Morgan fingerprint density at radius 1 is 1.09 bits per heavy atom. The molecule has 2 aromatic carbocycles. The standard InChI is InChI=1S/C16H13BrN4O/c17-15-6-7-16(22-10-13-4-2-1-3-5-13)14(8-15)9-20-21-11-18-19-12-21/h1-9,11-12H,10H2/b20-9+. The monoisotopic (exact) mass is 356 g/mol. The average Bonchev–Trinajstić information content (AvgIpc) is 3.06. The molecule has 6 heteroatoms. The van der Waals surface area contributed by atoms with E-state index >= 15 is 0 Å². The summed E-state index contributed by atoms with van der Waals surface area (Å²) in [5, 5.41) is 11.7. The number of halogens is 1. The Balaban J connectivity index is 1.78. The lowest BCUT2D eigenvalue weighted by Crippen LogP contribution is -1.99. The van der Waals surface area contributed by atoms with E-state index in [-0.39, 0.29) is 0 Å². The Hall–Kier alpha value is -2.47. The molecule has 5 nitrogen and oxygen atoms in total. The number of aromatic nitrogens is 3. The molecule has 0 spiro atoms. The summed E-state index contributed by atoms with van der Waals surface area (Å²) in [4.78, 5) is 0. The second-order valence-electron chi connectivity index (χ2n) is 4.54. The lowest BCUT2D eigenvalue weighted by atomic mass is 10.2. The van der Waals surface area contributed by atoms with Crippen molar-refractivity contribution in [2.24, 2.45) is 5.10 Å². The molecule has 0 aliphatic carbocycles. The van der Waals surface area contributed by atoms with Gasteiger partial charge in [-0.2, -0.15) is 5.10 Å². The number of benzene rings is 2. The van der Waals surface area contributed by atoms with Crippen LogP contribution in [0, 0.1) is 0 Å². The van der Waals surface area contributed by atoms with Gasteiger partial charge < -0.3 is 4.74 Å². The highest BCUT2D eigenvalue weighted by atomic mass is 79.9. The summed E-state index contributed by atoms with van der Waals surface area (Å²) in [6, 6.07) is 15.8. The van der Waals surface area contributed by atoms with Gasteiger partial charge in [0.1, 0.15) is 25.0 Å². The van der Waals surface area contributed by atoms with Gasteiger partial charge >= 0.3 is 0 Å². The van der Waals surface area contributed by atoms with Crippen LogP contribution in [0.15, 0.2) is 70.8 Å². The second kappa shape index (κ2) is 7.00. The smallest absolute Gasteiger partial charge is 0.141 e. The minimum atomic E-state index is 0.510. The van der Waals surface area contributed by atoms with Gasteiger partial charge in [0.2, 0.25) is 0 Å². The fourth-order valence-electron chi connectivity index (χ4n) is 1.87. The third-order valence-corrected chi connectivity index (χ3v) is 3.44. The van der Waals surface area contributed by atoms with Gasteiger partial charge in [0, 0.05) is 10.0 Å². The summed E-state index contributed by atoms with van der Waals surface area (Å²) in [5.41, 5.74) is 1.99. The molecule has 0 saturated carbocycles. The van der Waals surface area contributed by atoms with Crippen molar-refractivity contribution in [3.8, 4) is 5.75 Å². The van der Waals surface area contributed by atoms with E-state index in [4.69, 9.17) is 4.74 Å². The van der Waals surface area contributed by atoms with E-state index in [1.165, 1.54) is 17.3 Å². The Bertz CT molecular complexity index is 757. The van der Waals surface area contributed by atoms with E-state index in [0.29, 0.717) is 6.61 Å². The summed E-state index contributed by atoms with van der Waals surface area (Å²) in [7, 11) is 0. The van der Waals surface area contributed by atoms with Crippen molar-refractivity contribution in [2.45, 2.75) is 6.61 Å². The molecule has 0 saturated heterocycles. The molecule has 0 atom stereocenters. The lowest BCUT2D eigenvalue weighted by molar-refractivity contribution is 0.305. The first-order valence-corrected chi connectivity index (χ1v) is 7.46. The minimum Gasteiger partial charge on any atom is -0.488 e. The molecule has 0 amide bonds. The summed E-state index contributed by atoms with van der Waals surface area (Å²) >= 11 is 3.46. The highest BCUT2D eigenvalue weighted by molar-refractivity contribution is 9.10. The molecule has 1 heterocycles. The van der Waals surface area contributed by atoms with Crippen molar-refractivity contribution in [3.05, 3.63) is 76.8 Å². The zero-order chi connectivity index (χ0) is 15.2. The summed E-state index contributed by atoms with van der Waals surface area (Å²) in [5.74, 6) is 0.767. The van der Waals surface area contributed by atoms with E-state index in [1.54, 1.807) is 6.21 Å². The molecule has 0 radical (unpaired) electrons. The topological polar surface area (TPSA) is 52.3 Å². The molecule has 3 rings (SSSR count). The van der Waals surface area contributed by atoms with Gasteiger partial charge in [-0.05, 0) is 23.8 Å². The third kappa shape index (κ3) is 3.79. The van der Waals surface area contributed by atoms with Crippen molar-refractivity contribution in [2.75, 3.05) is 0 Å². The predicted molar refractivity (Wildman–Crippen MR) is 87.9 cm³/mol. The zero-order valence-electron chi connectivity index (χ0n) is 11.6. The van der Waals surface area contributed by atoms with Crippen LogP contribution in [-0.2, 0) is 6.61 Å². The average molecular weight is 357 g/mol. The van der Waals surface area contributed by atoms with Crippen molar-refractivity contribution in [1.82, 2.24) is 14.9 Å².